The lowest BCUT2D eigenvalue weighted by Crippen LogP contribution is -2.44. The number of hydrogen-bond donors (Lipinski definition) is 3. The van der Waals surface area contributed by atoms with Gasteiger partial charge in [-0.2, -0.15) is 0 Å². The number of rotatable bonds is 11. The summed E-state index contributed by atoms with van der Waals surface area (Å²) >= 11 is 0. The molecule has 0 unspecified atom stereocenters. The molecule has 0 aliphatic carbocycles. The second-order valence-electron chi connectivity index (χ2n) is 8.18. The van der Waals surface area contributed by atoms with E-state index in [1.54, 1.807) is 19.1 Å². The predicted octanol–water partition coefficient (Wildman–Crippen LogP) is 2.24. The SMILES string of the molecule is COC(=O)[C@H](CCCNB(C)O)NC(=O)c1cccn(C(c2ccccc2)c2ccccc2)c1=O. The molecule has 0 saturated carbocycles. The number of nitrogens with one attached hydrogen (secondary N) is 2. The number of hydrogen-bond acceptors (Lipinski definition) is 6. The van der Waals surface area contributed by atoms with Crippen LogP contribution in [0.2, 0.25) is 6.82 Å². The fourth-order valence-corrected chi connectivity index (χ4v) is 3.91. The molecule has 0 saturated heterocycles. The van der Waals surface area contributed by atoms with Crippen molar-refractivity contribution in [3.8, 4) is 0 Å². The molecule has 0 fully saturated rings. The molecule has 35 heavy (non-hydrogen) atoms. The van der Waals surface area contributed by atoms with Crippen molar-refractivity contribution in [1.82, 2.24) is 15.1 Å². The number of esters is 1. The van der Waals surface area contributed by atoms with E-state index >= 15 is 0 Å². The minimum Gasteiger partial charge on any atom is -0.467 e. The van der Waals surface area contributed by atoms with Crippen molar-refractivity contribution in [3.05, 3.63) is 106 Å². The van der Waals surface area contributed by atoms with Crippen LogP contribution in [0.3, 0.4) is 0 Å². The van der Waals surface area contributed by atoms with Crippen molar-refractivity contribution in [2.24, 2.45) is 0 Å². The van der Waals surface area contributed by atoms with Crippen LogP contribution in [-0.2, 0) is 9.53 Å². The largest absolute Gasteiger partial charge is 0.467 e. The summed E-state index contributed by atoms with van der Waals surface area (Å²) in [5, 5.41) is 14.8. The molecule has 0 aliphatic rings. The topological polar surface area (TPSA) is 110 Å². The van der Waals surface area contributed by atoms with Crippen LogP contribution in [0.1, 0.15) is 40.4 Å². The van der Waals surface area contributed by atoms with Gasteiger partial charge >= 0.3 is 13.0 Å². The summed E-state index contributed by atoms with van der Waals surface area (Å²) in [7, 11) is 0.571. The predicted molar refractivity (Wildman–Crippen MR) is 135 cm³/mol. The first-order chi connectivity index (χ1) is 16.9. The Kier molecular flexibility index (Phi) is 9.40. The molecule has 3 N–H and O–H groups in total. The minimum absolute atomic E-state index is 0.0691. The van der Waals surface area contributed by atoms with Crippen molar-refractivity contribution in [2.75, 3.05) is 13.7 Å². The fourth-order valence-electron chi connectivity index (χ4n) is 3.91. The zero-order chi connectivity index (χ0) is 25.2. The zero-order valence-corrected chi connectivity index (χ0v) is 19.9. The third kappa shape index (κ3) is 6.91. The number of ether oxygens (including phenoxy) is 1. The van der Waals surface area contributed by atoms with Crippen LogP contribution in [0.5, 0.6) is 0 Å². The summed E-state index contributed by atoms with van der Waals surface area (Å²) in [6.07, 6.45) is 2.45. The fraction of sp³-hybridized carbons (Fsp3) is 0.269. The number of benzene rings is 2. The smallest absolute Gasteiger partial charge is 0.373 e. The highest BCUT2D eigenvalue weighted by atomic mass is 16.5. The highest BCUT2D eigenvalue weighted by Gasteiger charge is 2.25. The molecule has 8 nitrogen and oxygen atoms in total. The Morgan fingerprint density at radius 3 is 2.14 bits per heavy atom. The maximum Gasteiger partial charge on any atom is 0.373 e. The summed E-state index contributed by atoms with van der Waals surface area (Å²) in [4.78, 5) is 38.8. The monoisotopic (exact) mass is 475 g/mol. The molecular formula is C26H30BN3O5. The van der Waals surface area contributed by atoms with Crippen molar-refractivity contribution >= 4 is 18.9 Å². The van der Waals surface area contributed by atoms with Gasteiger partial charge in [-0.05, 0) is 49.5 Å². The van der Waals surface area contributed by atoms with E-state index in [1.165, 1.54) is 17.7 Å². The Morgan fingerprint density at radius 2 is 1.60 bits per heavy atom. The highest BCUT2D eigenvalue weighted by Crippen LogP contribution is 2.25. The van der Waals surface area contributed by atoms with Gasteiger partial charge in [-0.15, -0.1) is 0 Å². The zero-order valence-electron chi connectivity index (χ0n) is 19.9. The van der Waals surface area contributed by atoms with Crippen molar-refractivity contribution < 1.29 is 19.3 Å². The summed E-state index contributed by atoms with van der Waals surface area (Å²) in [5.74, 6) is -1.25. The average molecular weight is 475 g/mol. The number of aromatic nitrogens is 1. The van der Waals surface area contributed by atoms with Gasteiger partial charge in [0, 0.05) is 6.20 Å². The van der Waals surface area contributed by atoms with E-state index in [0.29, 0.717) is 13.0 Å². The van der Waals surface area contributed by atoms with E-state index in [4.69, 9.17) is 4.74 Å². The van der Waals surface area contributed by atoms with E-state index in [-0.39, 0.29) is 12.0 Å². The van der Waals surface area contributed by atoms with E-state index in [1.807, 2.05) is 60.7 Å². The third-order valence-corrected chi connectivity index (χ3v) is 5.63. The van der Waals surface area contributed by atoms with Crippen LogP contribution in [0.15, 0.2) is 83.8 Å². The van der Waals surface area contributed by atoms with Gasteiger partial charge in [0.15, 0.2) is 0 Å². The molecule has 0 bridgehead atoms. The maximum atomic E-state index is 13.5. The molecule has 0 radical (unpaired) electrons. The second kappa shape index (κ2) is 12.7. The molecule has 3 rings (SSSR count). The number of methoxy groups -OCH3 is 1. The Morgan fingerprint density at radius 1 is 1.00 bits per heavy atom. The van der Waals surface area contributed by atoms with Crippen molar-refractivity contribution in [2.45, 2.75) is 31.7 Å². The summed E-state index contributed by atoms with van der Waals surface area (Å²) < 4.78 is 6.36. The lowest BCUT2D eigenvalue weighted by Gasteiger charge is -2.22. The van der Waals surface area contributed by atoms with Crippen LogP contribution in [0, 0.1) is 0 Å². The molecule has 182 valence electrons. The second-order valence-corrected chi connectivity index (χ2v) is 8.18. The normalized spacial score (nSPS) is 11.7. The first-order valence-corrected chi connectivity index (χ1v) is 11.5. The molecular weight excluding hydrogens is 445 g/mol. The van der Waals surface area contributed by atoms with Crippen LogP contribution < -0.4 is 16.1 Å². The summed E-state index contributed by atoms with van der Waals surface area (Å²) in [5.41, 5.74) is 1.26. The van der Waals surface area contributed by atoms with Gasteiger partial charge in [-0.25, -0.2) is 4.79 Å². The van der Waals surface area contributed by atoms with Crippen molar-refractivity contribution in [3.63, 3.8) is 0 Å². The van der Waals surface area contributed by atoms with E-state index in [9.17, 15) is 19.4 Å². The molecule has 9 heteroatoms. The molecule has 2 aromatic carbocycles. The summed E-state index contributed by atoms with van der Waals surface area (Å²) in [6.45, 7) is 2.05. The Hall–Kier alpha value is -3.69. The highest BCUT2D eigenvalue weighted by molar-refractivity contribution is 6.45. The first kappa shape index (κ1) is 25.9. The van der Waals surface area contributed by atoms with E-state index in [0.717, 1.165) is 11.1 Å². The van der Waals surface area contributed by atoms with E-state index in [2.05, 4.69) is 10.5 Å². The van der Waals surface area contributed by atoms with Crippen LogP contribution in [0.25, 0.3) is 0 Å². The maximum absolute atomic E-state index is 13.5. The van der Waals surface area contributed by atoms with Crippen LogP contribution >= 0.6 is 0 Å². The van der Waals surface area contributed by atoms with Gasteiger partial charge in [0.2, 0.25) is 0 Å². The lowest BCUT2D eigenvalue weighted by atomic mass is 9.89. The lowest BCUT2D eigenvalue weighted by molar-refractivity contribution is -0.143. The Labute approximate surface area is 205 Å². The van der Waals surface area contributed by atoms with Gasteiger partial charge < -0.3 is 24.9 Å². The van der Waals surface area contributed by atoms with Gasteiger partial charge in [-0.3, -0.25) is 9.59 Å². The molecule has 1 atom stereocenters. The van der Waals surface area contributed by atoms with Gasteiger partial charge in [0.25, 0.3) is 11.5 Å². The number of carbonyl (C=O) groups is 2. The van der Waals surface area contributed by atoms with E-state index < -0.39 is 36.6 Å². The quantitative estimate of drug-likeness (QED) is 0.223. The molecule has 1 heterocycles. The summed E-state index contributed by atoms with van der Waals surface area (Å²) in [6, 6.07) is 20.9. The average Bonchev–Trinajstić information content (AvgIpc) is 2.87. The molecule has 0 spiro atoms. The van der Waals surface area contributed by atoms with Crippen molar-refractivity contribution in [1.29, 1.82) is 0 Å². The number of nitrogens with zero attached hydrogens (tertiary/aromatic N) is 1. The van der Waals surface area contributed by atoms with Crippen LogP contribution in [0.4, 0.5) is 0 Å². The number of pyridine rings is 1. The minimum atomic E-state index is -0.921. The molecule has 1 aromatic heterocycles. The molecule has 1 amide bonds. The Bertz CT molecular complexity index is 1130. The molecule has 3 aromatic rings. The van der Waals surface area contributed by atoms with Gasteiger partial charge in [0.1, 0.15) is 11.6 Å². The first-order valence-electron chi connectivity index (χ1n) is 11.5. The van der Waals surface area contributed by atoms with Gasteiger partial charge in [0.05, 0.1) is 13.2 Å². The number of carbonyl (C=O) groups excluding carboxylic acids is 2. The standard InChI is InChI=1S/C26H30BN3O5/c1-27(34)28-17-9-16-22(26(33)35-2)29-24(31)21-15-10-18-30(25(21)32)23(19-11-5-3-6-12-19)20-13-7-4-8-14-20/h3-8,10-15,18,22-23,28,34H,9,16-17H2,1-2H3,(H,29,31)/t22-/m0/s1. The third-order valence-electron chi connectivity index (χ3n) is 5.63. The van der Waals surface area contributed by atoms with Crippen LogP contribution in [-0.4, -0.2) is 48.2 Å². The Balaban J connectivity index is 1.89. The van der Waals surface area contributed by atoms with Gasteiger partial charge in [-0.1, -0.05) is 60.7 Å². The number of amides is 1. The molecule has 0 aliphatic heterocycles.